The highest BCUT2D eigenvalue weighted by atomic mass is 32.2. The minimum atomic E-state index is -4.39. The Morgan fingerprint density at radius 3 is 2.77 bits per heavy atom. The van der Waals surface area contributed by atoms with E-state index in [-0.39, 0.29) is 17.2 Å². The van der Waals surface area contributed by atoms with Crippen LogP contribution >= 0.6 is 11.8 Å². The minimum Gasteiger partial charge on any atom is -0.497 e. The first kappa shape index (κ1) is 29.1. The molecule has 0 radical (unpaired) electrons. The van der Waals surface area contributed by atoms with Gasteiger partial charge in [-0.05, 0) is 92.4 Å². The number of halogens is 4. The quantitative estimate of drug-likeness (QED) is 0.150. The van der Waals surface area contributed by atoms with Crippen LogP contribution in [0.2, 0.25) is 0 Å². The van der Waals surface area contributed by atoms with E-state index in [9.17, 15) is 23.1 Å². The summed E-state index contributed by atoms with van der Waals surface area (Å²) in [6.07, 6.45) is -2.14. The number of piperidine rings is 1. The molecule has 1 N–H and O–H groups in total. The van der Waals surface area contributed by atoms with Crippen LogP contribution in [0.5, 0.6) is 5.75 Å². The van der Waals surface area contributed by atoms with Crippen LogP contribution in [0.15, 0.2) is 59.6 Å². The lowest BCUT2D eigenvalue weighted by molar-refractivity contribution is -0.146. The monoisotopic (exact) mass is 564 g/mol. The van der Waals surface area contributed by atoms with Gasteiger partial charge in [0.15, 0.2) is 0 Å². The van der Waals surface area contributed by atoms with Crippen molar-refractivity contribution in [3.05, 3.63) is 65.9 Å². The third-order valence-corrected chi connectivity index (χ3v) is 8.50. The molecule has 1 fully saturated rings. The molecule has 0 amide bonds. The molecule has 1 aliphatic heterocycles. The Morgan fingerprint density at radius 1 is 1.23 bits per heavy atom. The number of aromatic nitrogens is 1. The zero-order valence-electron chi connectivity index (χ0n) is 21.7. The van der Waals surface area contributed by atoms with Gasteiger partial charge in [-0.2, -0.15) is 13.2 Å². The molecular weight excluding hydrogens is 532 g/mol. The number of hydrogen-bond donors (Lipinski definition) is 1. The van der Waals surface area contributed by atoms with Gasteiger partial charge in [0.2, 0.25) is 0 Å². The first-order valence-corrected chi connectivity index (χ1v) is 14.0. The summed E-state index contributed by atoms with van der Waals surface area (Å²) in [4.78, 5) is 18.6. The van der Waals surface area contributed by atoms with Crippen LogP contribution < -0.4 is 4.74 Å². The van der Waals surface area contributed by atoms with Crippen LogP contribution in [-0.4, -0.2) is 53.5 Å². The second-order valence-electron chi connectivity index (χ2n) is 9.82. The van der Waals surface area contributed by atoms with Crippen LogP contribution in [0.1, 0.15) is 43.0 Å². The number of pyridine rings is 1. The molecule has 5 nitrogen and oxygen atoms in total. The molecular formula is C29H32F4N2O3S. The third kappa shape index (κ3) is 7.42. The fraction of sp³-hybridized carbons (Fsp3) is 0.448. The van der Waals surface area contributed by atoms with E-state index in [1.165, 1.54) is 23.9 Å². The van der Waals surface area contributed by atoms with Gasteiger partial charge in [0.05, 0.1) is 24.1 Å². The van der Waals surface area contributed by atoms with Crippen molar-refractivity contribution in [2.45, 2.75) is 42.9 Å². The number of methoxy groups -OCH3 is 1. The Labute approximate surface area is 229 Å². The molecule has 0 bridgehead atoms. The second kappa shape index (κ2) is 13.0. The number of fused-ring (bicyclic) bond motifs is 1. The Bertz CT molecular complexity index is 1270. The molecule has 0 saturated carbocycles. The van der Waals surface area contributed by atoms with E-state index in [1.54, 1.807) is 43.6 Å². The lowest BCUT2D eigenvalue weighted by Crippen LogP contribution is -2.44. The minimum absolute atomic E-state index is 0.146. The van der Waals surface area contributed by atoms with Crippen molar-refractivity contribution in [3.8, 4) is 5.75 Å². The van der Waals surface area contributed by atoms with Crippen LogP contribution in [0, 0.1) is 11.8 Å². The average molecular weight is 565 g/mol. The van der Waals surface area contributed by atoms with Crippen LogP contribution in [0.3, 0.4) is 0 Å². The van der Waals surface area contributed by atoms with Crippen molar-refractivity contribution in [2.75, 3.05) is 32.5 Å². The molecule has 0 unspecified atom stereocenters. The van der Waals surface area contributed by atoms with E-state index in [1.807, 2.05) is 0 Å². The van der Waals surface area contributed by atoms with Crippen molar-refractivity contribution in [1.82, 2.24) is 9.88 Å². The topological polar surface area (TPSA) is 62.7 Å². The summed E-state index contributed by atoms with van der Waals surface area (Å²) in [6.45, 7) is 1.65. The summed E-state index contributed by atoms with van der Waals surface area (Å²) >= 11 is 1.17. The average Bonchev–Trinajstić information content (AvgIpc) is 2.93. The van der Waals surface area contributed by atoms with Crippen molar-refractivity contribution in [2.24, 2.45) is 11.8 Å². The molecule has 2 aromatic carbocycles. The number of hydrogen-bond acceptors (Lipinski definition) is 5. The number of nitrogens with zero attached hydrogens (tertiary/aromatic N) is 2. The molecule has 10 heteroatoms. The van der Waals surface area contributed by atoms with Crippen molar-refractivity contribution in [3.63, 3.8) is 0 Å². The maximum absolute atomic E-state index is 15.4. The third-order valence-electron chi connectivity index (χ3n) is 7.34. The maximum Gasteiger partial charge on any atom is 0.417 e. The van der Waals surface area contributed by atoms with Gasteiger partial charge in [0, 0.05) is 23.0 Å². The zero-order chi connectivity index (χ0) is 28.0. The first-order valence-electron chi connectivity index (χ1n) is 13.0. The lowest BCUT2D eigenvalue weighted by atomic mass is 9.81. The molecule has 1 saturated heterocycles. The Morgan fingerprint density at radius 2 is 2.03 bits per heavy atom. The van der Waals surface area contributed by atoms with Gasteiger partial charge < -0.3 is 14.7 Å². The Balaban J connectivity index is 1.29. The van der Waals surface area contributed by atoms with Gasteiger partial charge in [-0.15, -0.1) is 11.8 Å². The summed E-state index contributed by atoms with van der Waals surface area (Å²) in [5.74, 6) is -0.539. The summed E-state index contributed by atoms with van der Waals surface area (Å²) in [5.41, 5.74) is 0.562. The number of aliphatic carboxylic acids is 1. The van der Waals surface area contributed by atoms with Gasteiger partial charge in [-0.3, -0.25) is 9.78 Å². The second-order valence-corrected chi connectivity index (χ2v) is 11.0. The fourth-order valence-electron chi connectivity index (χ4n) is 5.26. The van der Waals surface area contributed by atoms with E-state index in [4.69, 9.17) is 4.74 Å². The van der Waals surface area contributed by atoms with Gasteiger partial charge in [-0.1, -0.05) is 12.1 Å². The van der Waals surface area contributed by atoms with Crippen molar-refractivity contribution >= 4 is 28.6 Å². The standard InChI is InChI=1S/C29H32F4N2O3S/c1-38-20-8-10-26-22(17-20)21(11-13-34-26)25(30)9-7-19-12-15-35(18-23(19)28(36)37)14-4-16-39-27-6-3-2-5-24(27)29(31,32)33/h2-3,5-6,8,10-11,13,17,19,23,25H,4,7,9,12,14-16,18H2,1H3,(H,36,37)/t19-,23+,25-/m1/s1. The van der Waals surface area contributed by atoms with Crippen LogP contribution in [0.4, 0.5) is 17.6 Å². The summed E-state index contributed by atoms with van der Waals surface area (Å²) in [7, 11) is 1.55. The first-order chi connectivity index (χ1) is 18.7. The SMILES string of the molecule is COc1ccc2nccc([C@H](F)CC[C@@H]3CCN(CCCSc4ccccc4C(F)(F)F)C[C@@H]3C(=O)O)c2c1. The lowest BCUT2D eigenvalue weighted by Gasteiger charge is -2.36. The van der Waals surface area contributed by atoms with Crippen LogP contribution in [0.25, 0.3) is 10.9 Å². The fourth-order valence-corrected chi connectivity index (χ4v) is 6.26. The summed E-state index contributed by atoms with van der Waals surface area (Å²) < 4.78 is 60.3. The smallest absolute Gasteiger partial charge is 0.417 e. The number of benzene rings is 2. The van der Waals surface area contributed by atoms with Crippen LogP contribution in [-0.2, 0) is 11.0 Å². The Kier molecular flexibility index (Phi) is 9.71. The number of carboxylic acids is 1. The number of ether oxygens (including phenoxy) is 1. The van der Waals surface area contributed by atoms with Gasteiger partial charge in [0.1, 0.15) is 11.9 Å². The molecule has 4 rings (SSSR count). The predicted octanol–water partition coefficient (Wildman–Crippen LogP) is 7.26. The largest absolute Gasteiger partial charge is 0.497 e. The summed E-state index contributed by atoms with van der Waals surface area (Å²) in [6, 6.07) is 12.5. The molecule has 39 heavy (non-hydrogen) atoms. The highest BCUT2D eigenvalue weighted by Crippen LogP contribution is 2.38. The highest BCUT2D eigenvalue weighted by Gasteiger charge is 2.35. The van der Waals surface area contributed by atoms with E-state index in [0.717, 1.165) is 6.07 Å². The Hall–Kier alpha value is -2.85. The molecule has 0 aliphatic carbocycles. The summed E-state index contributed by atoms with van der Waals surface area (Å²) in [5, 5.41) is 10.6. The van der Waals surface area contributed by atoms with Gasteiger partial charge >= 0.3 is 12.1 Å². The molecule has 3 aromatic rings. The number of rotatable bonds is 11. The molecule has 2 heterocycles. The molecule has 210 valence electrons. The normalized spacial score (nSPS) is 19.2. The maximum atomic E-state index is 15.4. The van der Waals surface area contributed by atoms with E-state index >= 15 is 4.39 Å². The number of carbonyl (C=O) groups is 1. The molecule has 1 aliphatic rings. The van der Waals surface area contributed by atoms with E-state index < -0.39 is 29.8 Å². The number of thioether (sulfide) groups is 1. The molecule has 0 spiro atoms. The van der Waals surface area contributed by atoms with E-state index in [2.05, 4.69) is 9.88 Å². The van der Waals surface area contributed by atoms with Gasteiger partial charge in [-0.25, -0.2) is 4.39 Å². The molecule has 1 aromatic heterocycles. The number of likely N-dealkylation sites (tertiary alicyclic amines) is 1. The molecule has 3 atom stereocenters. The van der Waals surface area contributed by atoms with Gasteiger partial charge in [0.25, 0.3) is 0 Å². The van der Waals surface area contributed by atoms with Crippen molar-refractivity contribution < 1.29 is 32.2 Å². The number of carboxylic acid groups (broad SMARTS) is 1. The zero-order valence-corrected chi connectivity index (χ0v) is 22.5. The highest BCUT2D eigenvalue weighted by molar-refractivity contribution is 7.99. The number of alkyl halides is 4. The predicted molar refractivity (Wildman–Crippen MR) is 144 cm³/mol. The van der Waals surface area contributed by atoms with E-state index in [0.29, 0.717) is 66.9 Å². The van der Waals surface area contributed by atoms with Crippen molar-refractivity contribution in [1.29, 1.82) is 0 Å².